The van der Waals surface area contributed by atoms with Crippen LogP contribution in [-0.4, -0.2) is 110 Å². The van der Waals surface area contributed by atoms with Gasteiger partial charge in [-0.15, -0.1) is 0 Å². The highest BCUT2D eigenvalue weighted by Gasteiger charge is 2.31. The summed E-state index contributed by atoms with van der Waals surface area (Å²) in [6.07, 6.45) is 5.91. The van der Waals surface area contributed by atoms with Gasteiger partial charge < -0.3 is 30.5 Å². The molecular weight excluding hydrogens is 556 g/mol. The average Bonchev–Trinajstić information content (AvgIpc) is 3.63. The number of nitrogens with zero attached hydrogens (tertiary/aromatic N) is 8. The predicted molar refractivity (Wildman–Crippen MR) is 146 cm³/mol. The number of amides is 3. The lowest BCUT2D eigenvalue weighted by Gasteiger charge is -2.39. The van der Waals surface area contributed by atoms with Gasteiger partial charge in [0.1, 0.15) is 6.33 Å². The number of hydrogen-bond donors (Lipinski definition) is 3. The van der Waals surface area contributed by atoms with Crippen molar-refractivity contribution in [2.24, 2.45) is 0 Å². The molecular formula is C25H31F2N11O4. The van der Waals surface area contributed by atoms with E-state index in [2.05, 4.69) is 42.6 Å². The van der Waals surface area contributed by atoms with Crippen molar-refractivity contribution in [3.63, 3.8) is 0 Å². The van der Waals surface area contributed by atoms with Crippen molar-refractivity contribution in [2.45, 2.75) is 25.4 Å². The van der Waals surface area contributed by atoms with Crippen molar-refractivity contribution in [1.82, 2.24) is 44.8 Å². The quantitative estimate of drug-likeness (QED) is 0.195. The molecule has 3 aromatic rings. The van der Waals surface area contributed by atoms with E-state index >= 15 is 0 Å². The first kappa shape index (κ1) is 28.8. The van der Waals surface area contributed by atoms with Crippen LogP contribution in [0.15, 0.2) is 31.4 Å². The summed E-state index contributed by atoms with van der Waals surface area (Å²) in [5, 5.41) is 12.2. The van der Waals surface area contributed by atoms with E-state index in [-0.39, 0.29) is 30.3 Å². The van der Waals surface area contributed by atoms with Crippen molar-refractivity contribution in [2.75, 3.05) is 62.7 Å². The lowest BCUT2D eigenvalue weighted by Crippen LogP contribution is -2.61. The molecule has 2 fully saturated rings. The largest absolute Gasteiger partial charge is 0.378 e. The topological polar surface area (TPSA) is 164 Å². The Morgan fingerprint density at radius 3 is 2.69 bits per heavy atom. The standard InChI is InChI=1S/C25H31F2N11O4/c1-2-18(39)28-5-3-4-20(41)36-12-16(13-36)32-19(40)11-29-22-21-23(34-25(33-22)35-6-8-42-9-7-35)37(15-30-21)17-10-31-38(14-17)24(26)27/h2,10,14-16,24H,1,3-9,11-13H2,(H,28,39)(H,32,40)(H,29,33,34). The van der Waals surface area contributed by atoms with Crippen LogP contribution >= 0.6 is 0 Å². The molecule has 5 heterocycles. The Balaban J connectivity index is 1.20. The number of ether oxygens (including phenoxy) is 1. The van der Waals surface area contributed by atoms with Gasteiger partial charge in [0.05, 0.1) is 43.9 Å². The Morgan fingerprint density at radius 2 is 1.98 bits per heavy atom. The highest BCUT2D eigenvalue weighted by Crippen LogP contribution is 2.26. The van der Waals surface area contributed by atoms with Gasteiger partial charge in [-0.1, -0.05) is 6.58 Å². The molecule has 2 aliphatic rings. The molecule has 3 aromatic heterocycles. The first-order valence-electron chi connectivity index (χ1n) is 13.4. The Morgan fingerprint density at radius 1 is 1.19 bits per heavy atom. The van der Waals surface area contributed by atoms with Gasteiger partial charge >= 0.3 is 6.55 Å². The molecule has 17 heteroatoms. The number of fused-ring (bicyclic) bond motifs is 1. The third-order valence-electron chi connectivity index (χ3n) is 6.81. The molecule has 0 unspecified atom stereocenters. The third kappa shape index (κ3) is 6.62. The van der Waals surface area contributed by atoms with Crippen molar-refractivity contribution >= 4 is 40.7 Å². The zero-order valence-corrected chi connectivity index (χ0v) is 22.7. The minimum absolute atomic E-state index is 0.0415. The number of hydrogen-bond acceptors (Lipinski definition) is 10. The molecule has 0 aromatic carbocycles. The van der Waals surface area contributed by atoms with Crippen LogP contribution < -0.4 is 20.9 Å². The van der Waals surface area contributed by atoms with Crippen LogP contribution in [0.2, 0.25) is 0 Å². The van der Waals surface area contributed by atoms with Gasteiger partial charge in [-0.2, -0.15) is 23.8 Å². The molecule has 224 valence electrons. The van der Waals surface area contributed by atoms with E-state index in [1.54, 1.807) is 4.90 Å². The molecule has 2 saturated heterocycles. The first-order chi connectivity index (χ1) is 20.3. The number of carbonyl (C=O) groups excluding carboxylic acids is 3. The van der Waals surface area contributed by atoms with Gasteiger partial charge in [0.2, 0.25) is 23.7 Å². The number of morpholine rings is 1. The highest BCUT2D eigenvalue weighted by molar-refractivity contribution is 5.89. The molecule has 2 aliphatic heterocycles. The first-order valence-corrected chi connectivity index (χ1v) is 13.4. The second-order valence-corrected chi connectivity index (χ2v) is 9.73. The van der Waals surface area contributed by atoms with Gasteiger partial charge in [-0.3, -0.25) is 19.0 Å². The predicted octanol–water partition coefficient (Wildman–Crippen LogP) is 0.0650. The van der Waals surface area contributed by atoms with Crippen molar-refractivity contribution in [3.8, 4) is 5.69 Å². The number of rotatable bonds is 12. The molecule has 0 aliphatic carbocycles. The Labute approximate surface area is 238 Å². The number of likely N-dealkylation sites (tertiary alicyclic amines) is 1. The number of imidazole rings is 1. The van der Waals surface area contributed by atoms with E-state index in [9.17, 15) is 23.2 Å². The molecule has 0 bridgehead atoms. The van der Waals surface area contributed by atoms with E-state index in [4.69, 9.17) is 4.74 Å². The van der Waals surface area contributed by atoms with Gasteiger partial charge in [0.15, 0.2) is 17.0 Å². The fraction of sp³-hybridized carbons (Fsp3) is 0.480. The maximum atomic E-state index is 13.1. The number of anilines is 2. The number of alkyl halides is 2. The summed E-state index contributed by atoms with van der Waals surface area (Å²) in [5.41, 5.74) is 1.06. The lowest BCUT2D eigenvalue weighted by atomic mass is 10.1. The zero-order valence-electron chi connectivity index (χ0n) is 22.7. The van der Waals surface area contributed by atoms with E-state index in [1.165, 1.54) is 29.4 Å². The summed E-state index contributed by atoms with van der Waals surface area (Å²) in [7, 11) is 0. The maximum Gasteiger partial charge on any atom is 0.333 e. The monoisotopic (exact) mass is 587 g/mol. The smallest absolute Gasteiger partial charge is 0.333 e. The third-order valence-corrected chi connectivity index (χ3v) is 6.81. The Bertz CT molecular complexity index is 1450. The SMILES string of the molecule is C=CC(=O)NCCCC(=O)N1CC(NC(=O)CNc2nc(N3CCOCC3)nc3c2ncn3-c2cnn(C(F)F)c2)C1. The van der Waals surface area contributed by atoms with Gasteiger partial charge in [0, 0.05) is 39.1 Å². The fourth-order valence-electron chi connectivity index (χ4n) is 4.56. The van der Waals surface area contributed by atoms with Crippen LogP contribution in [0.1, 0.15) is 19.4 Å². The summed E-state index contributed by atoms with van der Waals surface area (Å²) >= 11 is 0. The minimum Gasteiger partial charge on any atom is -0.378 e. The second-order valence-electron chi connectivity index (χ2n) is 9.73. The van der Waals surface area contributed by atoms with Crippen LogP contribution in [0.3, 0.4) is 0 Å². The number of carbonyl (C=O) groups is 3. The summed E-state index contributed by atoms with van der Waals surface area (Å²) in [6, 6.07) is -0.177. The zero-order chi connectivity index (χ0) is 29.6. The summed E-state index contributed by atoms with van der Waals surface area (Å²) in [5.74, 6) is 0.0780. The highest BCUT2D eigenvalue weighted by atomic mass is 19.3. The van der Waals surface area contributed by atoms with E-state index in [0.717, 1.165) is 0 Å². The second kappa shape index (κ2) is 12.9. The fourth-order valence-corrected chi connectivity index (χ4v) is 4.56. The molecule has 0 spiro atoms. The van der Waals surface area contributed by atoms with E-state index in [1.807, 2.05) is 4.90 Å². The van der Waals surface area contributed by atoms with Crippen LogP contribution in [-0.2, 0) is 19.1 Å². The molecule has 0 atom stereocenters. The lowest BCUT2D eigenvalue weighted by molar-refractivity contribution is -0.137. The Kier molecular flexibility index (Phi) is 8.85. The molecule has 3 amide bonds. The van der Waals surface area contributed by atoms with Crippen LogP contribution in [0.4, 0.5) is 20.5 Å². The van der Waals surface area contributed by atoms with Crippen LogP contribution in [0.5, 0.6) is 0 Å². The Hall–Kier alpha value is -4.67. The number of aromatic nitrogens is 6. The molecule has 3 N–H and O–H groups in total. The van der Waals surface area contributed by atoms with Gasteiger partial charge in [-0.25, -0.2) is 9.67 Å². The summed E-state index contributed by atoms with van der Waals surface area (Å²) in [4.78, 5) is 53.4. The number of nitrogens with one attached hydrogen (secondary N) is 3. The number of halogens is 2. The van der Waals surface area contributed by atoms with Gasteiger partial charge in [-0.05, 0) is 12.5 Å². The minimum atomic E-state index is -2.79. The van der Waals surface area contributed by atoms with Crippen molar-refractivity contribution < 1.29 is 27.9 Å². The molecule has 5 rings (SSSR count). The van der Waals surface area contributed by atoms with Gasteiger partial charge in [0.25, 0.3) is 0 Å². The summed E-state index contributed by atoms with van der Waals surface area (Å²) < 4.78 is 33.7. The van der Waals surface area contributed by atoms with Crippen molar-refractivity contribution in [3.05, 3.63) is 31.4 Å². The van der Waals surface area contributed by atoms with Crippen molar-refractivity contribution in [1.29, 1.82) is 0 Å². The van der Waals surface area contributed by atoms with Crippen LogP contribution in [0, 0.1) is 0 Å². The normalized spacial score (nSPS) is 15.5. The molecule has 42 heavy (non-hydrogen) atoms. The van der Waals surface area contributed by atoms with E-state index < -0.39 is 6.55 Å². The maximum absolute atomic E-state index is 13.1. The molecule has 0 radical (unpaired) electrons. The molecule has 15 nitrogen and oxygen atoms in total. The molecule has 0 saturated carbocycles. The van der Waals surface area contributed by atoms with Crippen LogP contribution in [0.25, 0.3) is 16.9 Å². The van der Waals surface area contributed by atoms with E-state index in [0.29, 0.717) is 92.1 Å². The summed E-state index contributed by atoms with van der Waals surface area (Å²) in [6.45, 7) is 3.78. The average molecular weight is 588 g/mol.